The Morgan fingerprint density at radius 2 is 2.06 bits per heavy atom. The normalized spacial score (nSPS) is 29.2. The molecule has 1 aliphatic heterocycles. The molecule has 1 amide bonds. The molecule has 0 spiro atoms. The highest BCUT2D eigenvalue weighted by Gasteiger charge is 2.52. The van der Waals surface area contributed by atoms with Crippen molar-refractivity contribution >= 4 is 34.7 Å². The van der Waals surface area contributed by atoms with Gasteiger partial charge in [-0.2, -0.15) is 0 Å². The van der Waals surface area contributed by atoms with Crippen LogP contribution in [0.25, 0.3) is 0 Å². The van der Waals surface area contributed by atoms with E-state index in [9.17, 15) is 14.7 Å². The summed E-state index contributed by atoms with van der Waals surface area (Å²) in [4.78, 5) is 24.3. The predicted molar refractivity (Wildman–Crippen MR) is 69.9 cm³/mol. The molecule has 98 valence electrons. The Balaban J connectivity index is 2.88. The van der Waals surface area contributed by atoms with Gasteiger partial charge in [0, 0.05) is 19.0 Å². The van der Waals surface area contributed by atoms with E-state index in [0.717, 1.165) is 0 Å². The van der Waals surface area contributed by atoms with Crippen LogP contribution < -0.4 is 5.73 Å². The Kier molecular flexibility index (Phi) is 3.92. The Morgan fingerprint density at radius 1 is 1.53 bits per heavy atom. The lowest BCUT2D eigenvalue weighted by atomic mass is 10.2. The fraction of sp³-hybridized carbons (Fsp3) is 0.800. The number of carboxylic acid groups (broad SMARTS) is 1. The lowest BCUT2D eigenvalue weighted by molar-refractivity contribution is -0.143. The number of aliphatic carboxylic acids is 1. The third kappa shape index (κ3) is 3.21. The molecule has 1 heterocycles. The molecule has 0 unspecified atom stereocenters. The smallest absolute Gasteiger partial charge is 0.411 e. The topological polar surface area (TPSA) is 92.9 Å². The number of ether oxygens (including phenoxy) is 1. The van der Waals surface area contributed by atoms with Crippen molar-refractivity contribution < 1.29 is 19.4 Å². The molecule has 0 aromatic heterocycles. The Hall–Kier alpha value is -0.570. The van der Waals surface area contributed by atoms with Crippen molar-refractivity contribution in [3.63, 3.8) is 0 Å². The summed E-state index contributed by atoms with van der Waals surface area (Å²) in [6, 6.07) is -0.337. The van der Waals surface area contributed by atoms with Crippen LogP contribution in [0.5, 0.6) is 0 Å². The van der Waals surface area contributed by atoms with Crippen LogP contribution in [-0.4, -0.2) is 43.8 Å². The Morgan fingerprint density at radius 3 is 2.47 bits per heavy atom. The molecule has 0 saturated carbocycles. The van der Waals surface area contributed by atoms with Crippen LogP contribution in [0.3, 0.4) is 0 Å². The lowest BCUT2D eigenvalue weighted by Crippen LogP contribution is -2.49. The van der Waals surface area contributed by atoms with Crippen molar-refractivity contribution in [3.05, 3.63) is 0 Å². The monoisotopic (exact) mass is 356 g/mol. The summed E-state index contributed by atoms with van der Waals surface area (Å²) in [7, 11) is 0. The first-order valence-electron chi connectivity index (χ1n) is 5.25. The molecule has 6 nitrogen and oxygen atoms in total. The molecule has 0 aliphatic carbocycles. The molecule has 0 bridgehead atoms. The van der Waals surface area contributed by atoms with Crippen LogP contribution in [0.2, 0.25) is 0 Å². The number of amides is 1. The van der Waals surface area contributed by atoms with Crippen LogP contribution >= 0.6 is 22.6 Å². The molecule has 3 N–H and O–H groups in total. The fourth-order valence-electron chi connectivity index (χ4n) is 1.64. The van der Waals surface area contributed by atoms with Crippen LogP contribution in [-0.2, 0) is 9.53 Å². The van der Waals surface area contributed by atoms with Gasteiger partial charge in [-0.1, -0.05) is 0 Å². The minimum absolute atomic E-state index is 0.199. The molecule has 1 aliphatic rings. The second-order valence-electron chi connectivity index (χ2n) is 5.12. The van der Waals surface area contributed by atoms with Crippen molar-refractivity contribution in [3.8, 4) is 0 Å². The van der Waals surface area contributed by atoms with Gasteiger partial charge in [-0.15, -0.1) is 0 Å². The van der Waals surface area contributed by atoms with E-state index in [0.29, 0.717) is 0 Å². The number of halogens is 1. The first-order valence-corrected chi connectivity index (χ1v) is 6.32. The highest BCUT2D eigenvalue weighted by Crippen LogP contribution is 2.36. The van der Waals surface area contributed by atoms with Crippen molar-refractivity contribution in [1.82, 2.24) is 4.90 Å². The minimum atomic E-state index is -1.31. The lowest BCUT2D eigenvalue weighted by Gasteiger charge is -2.31. The number of carboxylic acids is 1. The van der Waals surface area contributed by atoms with Crippen LogP contribution in [0.15, 0.2) is 0 Å². The van der Waals surface area contributed by atoms with Gasteiger partial charge in [-0.25, -0.2) is 9.59 Å². The zero-order valence-corrected chi connectivity index (χ0v) is 12.2. The van der Waals surface area contributed by atoms with Gasteiger partial charge in [0.15, 0.2) is 3.55 Å². The van der Waals surface area contributed by atoms with E-state index in [4.69, 9.17) is 10.5 Å². The van der Waals surface area contributed by atoms with E-state index in [2.05, 4.69) is 0 Å². The summed E-state index contributed by atoms with van der Waals surface area (Å²) in [6.45, 7) is 5.40. The largest absolute Gasteiger partial charge is 0.479 e. The molecular weight excluding hydrogens is 339 g/mol. The standard InChI is InChI=1S/C10H17IN2O4/c1-9(2,3)17-8(16)13-5-6(12)4-10(13,11)7(14)15/h6H,4-5,12H2,1-3H3,(H,14,15)/t6-,10+/m1/s1. The third-order valence-electron chi connectivity index (χ3n) is 2.32. The molecule has 0 aromatic carbocycles. The summed E-state index contributed by atoms with van der Waals surface area (Å²) < 4.78 is 3.87. The van der Waals surface area contributed by atoms with Gasteiger partial charge in [0.2, 0.25) is 0 Å². The molecule has 0 radical (unpaired) electrons. The zero-order chi connectivity index (χ0) is 13.4. The van der Waals surface area contributed by atoms with Gasteiger partial charge in [-0.3, -0.25) is 4.90 Å². The SMILES string of the molecule is CC(C)(C)OC(=O)N1C[C@H](N)C[C@@]1(I)C(=O)O. The third-order valence-corrected chi connectivity index (χ3v) is 3.80. The highest BCUT2D eigenvalue weighted by molar-refractivity contribution is 14.1. The Labute approximate surface area is 114 Å². The van der Waals surface area contributed by atoms with Crippen LogP contribution in [0.4, 0.5) is 4.79 Å². The summed E-state index contributed by atoms with van der Waals surface area (Å²) in [5, 5.41) is 9.20. The molecule has 1 rings (SSSR count). The predicted octanol–water partition coefficient (Wildman–Crippen LogP) is 1.17. The second kappa shape index (κ2) is 4.60. The van der Waals surface area contributed by atoms with Gasteiger partial charge in [0.1, 0.15) is 5.60 Å². The quantitative estimate of drug-likeness (QED) is 0.418. The first-order chi connectivity index (χ1) is 7.56. The number of likely N-dealkylation sites (tertiary alicyclic amines) is 1. The number of nitrogens with zero attached hydrogens (tertiary/aromatic N) is 1. The number of hydrogen-bond donors (Lipinski definition) is 2. The average Bonchev–Trinajstić information content (AvgIpc) is 2.40. The fourth-order valence-corrected chi connectivity index (χ4v) is 2.60. The van der Waals surface area contributed by atoms with Crippen molar-refractivity contribution in [2.24, 2.45) is 5.73 Å². The molecule has 1 saturated heterocycles. The van der Waals surface area contributed by atoms with E-state index in [1.807, 2.05) is 0 Å². The zero-order valence-electron chi connectivity index (χ0n) is 10.1. The number of hydrogen-bond acceptors (Lipinski definition) is 4. The number of rotatable bonds is 1. The molecule has 0 aromatic rings. The Bertz CT molecular complexity index is 342. The maximum Gasteiger partial charge on any atom is 0.411 e. The molecular formula is C10H17IN2O4. The van der Waals surface area contributed by atoms with Gasteiger partial charge in [0.05, 0.1) is 0 Å². The maximum atomic E-state index is 11.9. The van der Waals surface area contributed by atoms with E-state index in [-0.39, 0.29) is 19.0 Å². The number of nitrogens with two attached hydrogens (primary N) is 1. The molecule has 7 heteroatoms. The second-order valence-corrected chi connectivity index (χ2v) is 6.90. The van der Waals surface area contributed by atoms with Crippen molar-refractivity contribution in [2.45, 2.75) is 42.4 Å². The summed E-state index contributed by atoms with van der Waals surface area (Å²) in [5.74, 6) is -1.07. The average molecular weight is 356 g/mol. The maximum absolute atomic E-state index is 11.9. The molecule has 1 fully saturated rings. The van der Waals surface area contributed by atoms with Crippen molar-refractivity contribution in [1.29, 1.82) is 0 Å². The first kappa shape index (κ1) is 14.5. The van der Waals surface area contributed by atoms with Crippen LogP contribution in [0.1, 0.15) is 27.2 Å². The highest BCUT2D eigenvalue weighted by atomic mass is 127. The van der Waals surface area contributed by atoms with Gasteiger partial charge >= 0.3 is 12.1 Å². The summed E-state index contributed by atoms with van der Waals surface area (Å²) in [5.41, 5.74) is 5.07. The van der Waals surface area contributed by atoms with E-state index < -0.39 is 21.2 Å². The number of carbonyl (C=O) groups excluding carboxylic acids is 1. The van der Waals surface area contributed by atoms with Gasteiger partial charge in [0.25, 0.3) is 0 Å². The number of alkyl halides is 1. The molecule has 2 atom stereocenters. The van der Waals surface area contributed by atoms with E-state index >= 15 is 0 Å². The number of carbonyl (C=O) groups is 2. The van der Waals surface area contributed by atoms with E-state index in [1.165, 1.54) is 4.90 Å². The summed E-state index contributed by atoms with van der Waals surface area (Å²) in [6.07, 6.45) is -0.412. The minimum Gasteiger partial charge on any atom is -0.479 e. The van der Waals surface area contributed by atoms with Gasteiger partial charge in [-0.05, 0) is 43.4 Å². The van der Waals surface area contributed by atoms with Gasteiger partial charge < -0.3 is 15.6 Å². The van der Waals surface area contributed by atoms with Crippen LogP contribution in [0, 0.1) is 0 Å². The molecule has 17 heavy (non-hydrogen) atoms. The summed E-state index contributed by atoms with van der Waals surface area (Å²) >= 11 is 1.74. The van der Waals surface area contributed by atoms with Crippen molar-refractivity contribution in [2.75, 3.05) is 6.54 Å². The van der Waals surface area contributed by atoms with E-state index in [1.54, 1.807) is 43.4 Å².